The smallest absolute Gasteiger partial charge is 0.150 e. The van der Waals surface area contributed by atoms with E-state index in [1.165, 1.54) is 0 Å². The summed E-state index contributed by atoms with van der Waals surface area (Å²) in [4.78, 5) is 0. The fourth-order valence-corrected chi connectivity index (χ4v) is 4.80. The number of sulfone groups is 1. The van der Waals surface area contributed by atoms with Crippen LogP contribution in [0.2, 0.25) is 0 Å². The summed E-state index contributed by atoms with van der Waals surface area (Å²) in [6.45, 7) is 2.36. The van der Waals surface area contributed by atoms with Crippen LogP contribution in [0, 0.1) is 11.3 Å². The molecule has 0 aromatic carbocycles. The van der Waals surface area contributed by atoms with E-state index >= 15 is 0 Å². The van der Waals surface area contributed by atoms with Crippen molar-refractivity contribution in [3.05, 3.63) is 0 Å². The normalized spacial score (nSPS) is 39.7. The highest BCUT2D eigenvalue weighted by molar-refractivity contribution is 7.91. The Bertz CT molecular complexity index is 320. The standard InChI is InChI=1S/C10H19NO3S/c1-11-7-10(3-4-14-8-10)9-2-5-15(12,13)6-9/h9,11H,2-8H2,1H3. The van der Waals surface area contributed by atoms with Gasteiger partial charge in [0.25, 0.3) is 0 Å². The van der Waals surface area contributed by atoms with Crippen LogP contribution in [-0.2, 0) is 14.6 Å². The van der Waals surface area contributed by atoms with Gasteiger partial charge in [0, 0.05) is 18.6 Å². The first-order chi connectivity index (χ1) is 7.08. The van der Waals surface area contributed by atoms with Crippen molar-refractivity contribution in [2.24, 2.45) is 11.3 Å². The molecule has 0 spiro atoms. The van der Waals surface area contributed by atoms with Crippen LogP contribution in [0.25, 0.3) is 0 Å². The molecule has 2 aliphatic rings. The second-order valence-corrected chi connectivity index (χ2v) is 7.02. The quantitative estimate of drug-likeness (QED) is 0.748. The lowest BCUT2D eigenvalue weighted by molar-refractivity contribution is 0.115. The zero-order chi connectivity index (χ0) is 10.9. The van der Waals surface area contributed by atoms with Gasteiger partial charge < -0.3 is 10.1 Å². The molecular formula is C10H19NO3S. The second kappa shape index (κ2) is 4.03. The van der Waals surface area contributed by atoms with Crippen molar-refractivity contribution >= 4 is 9.84 Å². The third-order valence-electron chi connectivity index (χ3n) is 3.76. The minimum Gasteiger partial charge on any atom is -0.381 e. The van der Waals surface area contributed by atoms with Gasteiger partial charge in [0.15, 0.2) is 9.84 Å². The van der Waals surface area contributed by atoms with E-state index in [0.29, 0.717) is 18.1 Å². The molecule has 4 nitrogen and oxygen atoms in total. The predicted octanol–water partition coefficient (Wildman–Crippen LogP) is 0.0472. The summed E-state index contributed by atoms with van der Waals surface area (Å²) in [5.74, 6) is 1.01. The predicted molar refractivity (Wildman–Crippen MR) is 58.6 cm³/mol. The Kier molecular flexibility index (Phi) is 3.05. The summed E-state index contributed by atoms with van der Waals surface area (Å²) in [7, 11) is -0.853. The summed E-state index contributed by atoms with van der Waals surface area (Å²) >= 11 is 0. The molecule has 0 aliphatic carbocycles. The highest BCUT2D eigenvalue weighted by atomic mass is 32.2. The zero-order valence-corrected chi connectivity index (χ0v) is 9.98. The molecule has 1 N–H and O–H groups in total. The van der Waals surface area contributed by atoms with Gasteiger partial charge in [0.1, 0.15) is 0 Å². The van der Waals surface area contributed by atoms with Crippen molar-refractivity contribution in [3.63, 3.8) is 0 Å². The van der Waals surface area contributed by atoms with Crippen LogP contribution in [0.5, 0.6) is 0 Å². The van der Waals surface area contributed by atoms with E-state index < -0.39 is 9.84 Å². The number of ether oxygens (including phenoxy) is 1. The molecular weight excluding hydrogens is 214 g/mol. The highest BCUT2D eigenvalue weighted by Crippen LogP contribution is 2.41. The summed E-state index contributed by atoms with van der Waals surface area (Å²) in [6, 6.07) is 0. The van der Waals surface area contributed by atoms with Gasteiger partial charge in [-0.2, -0.15) is 0 Å². The van der Waals surface area contributed by atoms with Crippen LogP contribution in [0.15, 0.2) is 0 Å². The van der Waals surface area contributed by atoms with Crippen molar-refractivity contribution in [1.82, 2.24) is 5.32 Å². The molecule has 2 rings (SSSR count). The third kappa shape index (κ3) is 2.19. The fraction of sp³-hybridized carbons (Fsp3) is 1.00. The van der Waals surface area contributed by atoms with Crippen LogP contribution in [0.1, 0.15) is 12.8 Å². The molecule has 2 saturated heterocycles. The van der Waals surface area contributed by atoms with E-state index in [1.54, 1.807) is 0 Å². The molecule has 0 amide bonds. The van der Waals surface area contributed by atoms with E-state index in [9.17, 15) is 8.42 Å². The Morgan fingerprint density at radius 3 is 2.80 bits per heavy atom. The maximum absolute atomic E-state index is 11.5. The number of hydrogen-bond donors (Lipinski definition) is 1. The highest BCUT2D eigenvalue weighted by Gasteiger charge is 2.46. The van der Waals surface area contributed by atoms with Gasteiger partial charge in [-0.3, -0.25) is 0 Å². The van der Waals surface area contributed by atoms with Crippen molar-refractivity contribution in [2.75, 3.05) is 38.3 Å². The fourth-order valence-electron chi connectivity index (χ4n) is 2.86. The Balaban J connectivity index is 2.12. The third-order valence-corrected chi connectivity index (χ3v) is 5.53. The summed E-state index contributed by atoms with van der Waals surface area (Å²) < 4.78 is 28.4. The Morgan fingerprint density at radius 1 is 1.53 bits per heavy atom. The first-order valence-electron chi connectivity index (χ1n) is 5.51. The van der Waals surface area contributed by atoms with Gasteiger partial charge in [0.2, 0.25) is 0 Å². The number of hydrogen-bond acceptors (Lipinski definition) is 4. The minimum absolute atomic E-state index is 0.0678. The molecule has 0 saturated carbocycles. The average Bonchev–Trinajstić information content (AvgIpc) is 2.74. The van der Waals surface area contributed by atoms with Gasteiger partial charge in [-0.25, -0.2) is 8.42 Å². The van der Waals surface area contributed by atoms with Crippen LogP contribution in [0.4, 0.5) is 0 Å². The van der Waals surface area contributed by atoms with E-state index in [4.69, 9.17) is 4.74 Å². The maximum Gasteiger partial charge on any atom is 0.150 e. The van der Waals surface area contributed by atoms with Crippen molar-refractivity contribution in [3.8, 4) is 0 Å². The van der Waals surface area contributed by atoms with Gasteiger partial charge in [-0.1, -0.05) is 0 Å². The SMILES string of the molecule is CNCC1(C2CCS(=O)(=O)C2)CCOC1. The average molecular weight is 233 g/mol. The minimum atomic E-state index is -2.77. The summed E-state index contributed by atoms with van der Waals surface area (Å²) in [5, 5.41) is 3.18. The molecule has 88 valence electrons. The molecule has 2 aliphatic heterocycles. The molecule has 0 radical (unpaired) electrons. The van der Waals surface area contributed by atoms with Gasteiger partial charge in [0.05, 0.1) is 18.1 Å². The lowest BCUT2D eigenvalue weighted by atomic mass is 9.74. The Morgan fingerprint density at radius 2 is 2.33 bits per heavy atom. The van der Waals surface area contributed by atoms with Crippen LogP contribution in [-0.4, -0.2) is 46.7 Å². The van der Waals surface area contributed by atoms with Gasteiger partial charge >= 0.3 is 0 Å². The molecule has 0 bridgehead atoms. The second-order valence-electron chi connectivity index (χ2n) is 4.80. The van der Waals surface area contributed by atoms with Crippen LogP contribution >= 0.6 is 0 Å². The molecule has 2 atom stereocenters. The Hall–Kier alpha value is -0.130. The molecule has 0 aromatic rings. The first-order valence-corrected chi connectivity index (χ1v) is 7.33. The molecule has 2 unspecified atom stereocenters. The van der Waals surface area contributed by atoms with E-state index in [1.807, 2.05) is 7.05 Å². The molecule has 2 heterocycles. The molecule has 2 fully saturated rings. The van der Waals surface area contributed by atoms with E-state index in [2.05, 4.69) is 5.32 Å². The molecule has 5 heteroatoms. The summed E-state index contributed by atoms with van der Waals surface area (Å²) in [6.07, 6.45) is 1.81. The molecule has 0 aromatic heterocycles. The van der Waals surface area contributed by atoms with E-state index in [-0.39, 0.29) is 11.3 Å². The monoisotopic (exact) mass is 233 g/mol. The molecule has 15 heavy (non-hydrogen) atoms. The first kappa shape index (κ1) is 11.4. The maximum atomic E-state index is 11.5. The Labute approximate surface area is 91.3 Å². The number of nitrogens with one attached hydrogen (secondary N) is 1. The lowest BCUT2D eigenvalue weighted by Gasteiger charge is -2.32. The topological polar surface area (TPSA) is 55.4 Å². The van der Waals surface area contributed by atoms with Crippen molar-refractivity contribution in [2.45, 2.75) is 12.8 Å². The zero-order valence-electron chi connectivity index (χ0n) is 9.16. The van der Waals surface area contributed by atoms with Crippen LogP contribution < -0.4 is 5.32 Å². The van der Waals surface area contributed by atoms with Crippen molar-refractivity contribution in [1.29, 1.82) is 0 Å². The van der Waals surface area contributed by atoms with Crippen molar-refractivity contribution < 1.29 is 13.2 Å². The largest absolute Gasteiger partial charge is 0.381 e. The lowest BCUT2D eigenvalue weighted by Crippen LogP contribution is -2.40. The van der Waals surface area contributed by atoms with Gasteiger partial charge in [-0.15, -0.1) is 0 Å². The van der Waals surface area contributed by atoms with E-state index in [0.717, 1.165) is 26.0 Å². The number of rotatable bonds is 3. The van der Waals surface area contributed by atoms with Crippen LogP contribution in [0.3, 0.4) is 0 Å². The van der Waals surface area contributed by atoms with Gasteiger partial charge in [-0.05, 0) is 25.8 Å². The summed E-state index contributed by atoms with van der Waals surface area (Å²) in [5.41, 5.74) is 0.0678.